The second-order valence-electron chi connectivity index (χ2n) is 6.18. The normalized spacial score (nSPS) is 20.9. The Hall–Kier alpha value is -0.910. The van der Waals surface area contributed by atoms with E-state index in [2.05, 4.69) is 30.8 Å². The van der Waals surface area contributed by atoms with Crippen LogP contribution in [0.4, 0.5) is 0 Å². The molecule has 4 nitrogen and oxygen atoms in total. The zero-order valence-electron chi connectivity index (χ0n) is 12.7. The van der Waals surface area contributed by atoms with E-state index in [0.717, 1.165) is 18.4 Å². The zero-order valence-corrected chi connectivity index (χ0v) is 13.5. The van der Waals surface area contributed by atoms with Crippen molar-refractivity contribution >= 4 is 10.0 Å². The van der Waals surface area contributed by atoms with Crippen molar-refractivity contribution in [2.24, 2.45) is 5.41 Å². The second-order valence-corrected chi connectivity index (χ2v) is 7.89. The highest BCUT2D eigenvalue weighted by molar-refractivity contribution is 7.89. The predicted octanol–water partition coefficient (Wildman–Crippen LogP) is 2.05. The van der Waals surface area contributed by atoms with E-state index in [1.165, 1.54) is 5.56 Å². The van der Waals surface area contributed by atoms with E-state index >= 15 is 0 Å². The number of nitrogens with one attached hydrogen (secondary N) is 2. The van der Waals surface area contributed by atoms with Crippen LogP contribution in [0, 0.1) is 5.41 Å². The first-order chi connectivity index (χ1) is 9.30. The molecule has 0 amide bonds. The molecular formula is C15H24N2O2S. The number of hydrogen-bond acceptors (Lipinski definition) is 3. The maximum absolute atomic E-state index is 12.4. The van der Waals surface area contributed by atoms with Gasteiger partial charge in [-0.25, -0.2) is 13.1 Å². The maximum Gasteiger partial charge on any atom is 0.240 e. The lowest BCUT2D eigenvalue weighted by Crippen LogP contribution is -2.28. The van der Waals surface area contributed by atoms with Crippen LogP contribution >= 0.6 is 0 Å². The molecule has 1 atom stereocenters. The third-order valence-corrected chi connectivity index (χ3v) is 5.52. The van der Waals surface area contributed by atoms with Gasteiger partial charge in [-0.3, -0.25) is 0 Å². The lowest BCUT2D eigenvalue weighted by molar-refractivity contribution is 0.555. The Morgan fingerprint density at radius 3 is 2.45 bits per heavy atom. The van der Waals surface area contributed by atoms with E-state index in [9.17, 15) is 8.42 Å². The van der Waals surface area contributed by atoms with Gasteiger partial charge in [0, 0.05) is 12.6 Å². The summed E-state index contributed by atoms with van der Waals surface area (Å²) in [4.78, 5) is 0.364. The maximum atomic E-state index is 12.4. The lowest BCUT2D eigenvalue weighted by Gasteiger charge is -2.12. The van der Waals surface area contributed by atoms with Crippen LogP contribution in [0.25, 0.3) is 0 Å². The Morgan fingerprint density at radius 2 is 1.95 bits per heavy atom. The topological polar surface area (TPSA) is 58.2 Å². The fraction of sp³-hybridized carbons (Fsp3) is 0.600. The molecule has 0 aromatic heterocycles. The molecule has 1 aliphatic rings. The molecular weight excluding hydrogens is 272 g/mol. The fourth-order valence-electron chi connectivity index (χ4n) is 2.39. The van der Waals surface area contributed by atoms with Gasteiger partial charge in [-0.1, -0.05) is 26.8 Å². The Balaban J connectivity index is 2.25. The van der Waals surface area contributed by atoms with Crippen molar-refractivity contribution in [3.63, 3.8) is 0 Å². The second kappa shape index (κ2) is 5.47. The Morgan fingerprint density at radius 1 is 1.30 bits per heavy atom. The summed E-state index contributed by atoms with van der Waals surface area (Å²) in [5.74, 6) is 0. The van der Waals surface area contributed by atoms with Crippen LogP contribution in [0.3, 0.4) is 0 Å². The minimum atomic E-state index is -3.41. The van der Waals surface area contributed by atoms with Crippen LogP contribution in [0.5, 0.6) is 0 Å². The molecule has 0 spiro atoms. The van der Waals surface area contributed by atoms with Crippen LogP contribution < -0.4 is 10.0 Å². The number of sulfonamides is 1. The van der Waals surface area contributed by atoms with Crippen LogP contribution in [0.1, 0.15) is 38.3 Å². The van der Waals surface area contributed by atoms with E-state index < -0.39 is 10.0 Å². The summed E-state index contributed by atoms with van der Waals surface area (Å²) in [6, 6.07) is 5.47. The first-order valence-corrected chi connectivity index (χ1v) is 8.57. The van der Waals surface area contributed by atoms with Crippen molar-refractivity contribution in [3.8, 4) is 0 Å². The minimum Gasteiger partial charge on any atom is -0.316 e. The monoisotopic (exact) mass is 296 g/mol. The molecule has 0 aliphatic heterocycles. The summed E-state index contributed by atoms with van der Waals surface area (Å²) >= 11 is 0. The van der Waals surface area contributed by atoms with Gasteiger partial charge in [0.1, 0.15) is 0 Å². The standard InChI is InChI=1S/C15H24N2O2S/c1-5-11-6-7-13(8-12(11)10-16-4)20(18,19)17-14-9-15(14,2)3/h6-8,14,16-17H,5,9-10H2,1-4H3. The molecule has 0 bridgehead atoms. The summed E-state index contributed by atoms with van der Waals surface area (Å²) in [7, 11) is -1.55. The first-order valence-electron chi connectivity index (χ1n) is 7.09. The minimum absolute atomic E-state index is 0.0612. The van der Waals surface area contributed by atoms with Crippen LogP contribution in [-0.2, 0) is 23.0 Å². The Kier molecular flexibility index (Phi) is 4.23. The van der Waals surface area contributed by atoms with Crippen LogP contribution in [-0.4, -0.2) is 21.5 Å². The molecule has 2 N–H and O–H groups in total. The van der Waals surface area contributed by atoms with Crippen molar-refractivity contribution in [1.29, 1.82) is 0 Å². The van der Waals surface area contributed by atoms with E-state index in [1.807, 2.05) is 13.1 Å². The molecule has 5 heteroatoms. The van der Waals surface area contributed by atoms with Gasteiger partial charge < -0.3 is 5.32 Å². The van der Waals surface area contributed by atoms with Gasteiger partial charge in [0.05, 0.1) is 4.90 Å². The van der Waals surface area contributed by atoms with Crippen LogP contribution in [0.2, 0.25) is 0 Å². The third-order valence-electron chi connectivity index (χ3n) is 4.05. The molecule has 112 valence electrons. The average molecular weight is 296 g/mol. The van der Waals surface area contributed by atoms with Crippen molar-refractivity contribution < 1.29 is 8.42 Å². The summed E-state index contributed by atoms with van der Waals surface area (Å²) in [6.07, 6.45) is 1.81. The summed E-state index contributed by atoms with van der Waals surface area (Å²) < 4.78 is 27.6. The molecule has 0 heterocycles. The van der Waals surface area contributed by atoms with Gasteiger partial charge in [-0.2, -0.15) is 0 Å². The fourth-order valence-corrected chi connectivity index (χ4v) is 3.85. The van der Waals surface area contributed by atoms with E-state index in [4.69, 9.17) is 0 Å². The SMILES string of the molecule is CCc1ccc(S(=O)(=O)NC2CC2(C)C)cc1CNC. The highest BCUT2D eigenvalue weighted by atomic mass is 32.2. The van der Waals surface area contributed by atoms with Crippen molar-refractivity contribution in [2.75, 3.05) is 7.05 Å². The number of benzene rings is 1. The van der Waals surface area contributed by atoms with E-state index in [0.29, 0.717) is 11.4 Å². The molecule has 0 radical (unpaired) electrons. The summed E-state index contributed by atoms with van der Waals surface area (Å²) in [5.41, 5.74) is 2.32. The molecule has 1 aromatic carbocycles. The molecule has 1 unspecified atom stereocenters. The lowest BCUT2D eigenvalue weighted by atomic mass is 10.1. The summed E-state index contributed by atoms with van der Waals surface area (Å²) in [5, 5.41) is 3.09. The van der Waals surface area contributed by atoms with Crippen molar-refractivity contribution in [1.82, 2.24) is 10.0 Å². The van der Waals surface area contributed by atoms with Gasteiger partial charge in [0.25, 0.3) is 0 Å². The molecule has 1 aliphatic carbocycles. The molecule has 2 rings (SSSR count). The predicted molar refractivity (Wildman–Crippen MR) is 81.1 cm³/mol. The summed E-state index contributed by atoms with van der Waals surface area (Å²) in [6.45, 7) is 6.91. The van der Waals surface area contributed by atoms with Gasteiger partial charge in [-0.15, -0.1) is 0 Å². The van der Waals surface area contributed by atoms with Crippen LogP contribution in [0.15, 0.2) is 23.1 Å². The quantitative estimate of drug-likeness (QED) is 0.844. The zero-order chi connectivity index (χ0) is 15.0. The Labute approximate surface area is 122 Å². The third kappa shape index (κ3) is 3.22. The molecule has 0 saturated heterocycles. The number of hydrogen-bond donors (Lipinski definition) is 2. The van der Waals surface area contributed by atoms with Gasteiger partial charge in [0.15, 0.2) is 0 Å². The average Bonchev–Trinajstić information content (AvgIpc) is 2.95. The van der Waals surface area contributed by atoms with E-state index in [1.54, 1.807) is 12.1 Å². The van der Waals surface area contributed by atoms with Crippen molar-refractivity contribution in [2.45, 2.75) is 51.1 Å². The highest BCUT2D eigenvalue weighted by Crippen LogP contribution is 2.45. The largest absolute Gasteiger partial charge is 0.316 e. The number of rotatable bonds is 6. The van der Waals surface area contributed by atoms with E-state index in [-0.39, 0.29) is 11.5 Å². The van der Waals surface area contributed by atoms with Gasteiger partial charge in [-0.05, 0) is 48.6 Å². The molecule has 1 fully saturated rings. The first kappa shape index (κ1) is 15.5. The Bertz CT molecular complexity index is 594. The molecule has 20 heavy (non-hydrogen) atoms. The number of aryl methyl sites for hydroxylation is 1. The molecule has 1 aromatic rings. The van der Waals surface area contributed by atoms with Gasteiger partial charge in [0.2, 0.25) is 10.0 Å². The highest BCUT2D eigenvalue weighted by Gasteiger charge is 2.47. The van der Waals surface area contributed by atoms with Gasteiger partial charge >= 0.3 is 0 Å². The van der Waals surface area contributed by atoms with Crippen molar-refractivity contribution in [3.05, 3.63) is 29.3 Å². The molecule has 1 saturated carbocycles. The smallest absolute Gasteiger partial charge is 0.240 e.